The third-order valence-electron chi connectivity index (χ3n) is 12.2. The molecule has 1 N–H and O–H groups in total. The monoisotopic (exact) mass is 1010 g/mol. The van der Waals surface area contributed by atoms with Crippen LogP contribution in [0.25, 0.3) is 0 Å². The van der Waals surface area contributed by atoms with Crippen LogP contribution in [0, 0.1) is 0 Å². The highest BCUT2D eigenvalue weighted by Crippen LogP contribution is 2.43. The van der Waals surface area contributed by atoms with Gasteiger partial charge < -0.3 is 18.9 Å². The Morgan fingerprint density at radius 3 is 1.20 bits per heavy atom. The topological polar surface area (TPSA) is 108 Å². The average Bonchev–Trinajstić information content (AvgIpc) is 3.33. The van der Waals surface area contributed by atoms with Gasteiger partial charge in [-0.2, -0.15) is 0 Å². The minimum atomic E-state index is -4.39. The lowest BCUT2D eigenvalue weighted by Gasteiger charge is -2.24. The Labute approximate surface area is 437 Å². The van der Waals surface area contributed by atoms with Crippen molar-refractivity contribution in [3.8, 4) is 0 Å². The van der Waals surface area contributed by atoms with E-state index in [0.29, 0.717) is 17.4 Å². The minimum absolute atomic E-state index is 0.0294. The molecule has 0 radical (unpaired) electrons. The Bertz CT molecular complexity index is 1470. The molecule has 0 aromatic rings. The summed E-state index contributed by atoms with van der Waals surface area (Å²) < 4.78 is 34.5. The molecule has 0 heterocycles. The highest BCUT2D eigenvalue weighted by atomic mass is 31.2. The van der Waals surface area contributed by atoms with Crippen LogP contribution in [0.1, 0.15) is 239 Å². The van der Waals surface area contributed by atoms with Gasteiger partial charge in [0.05, 0.1) is 27.7 Å². The second kappa shape index (κ2) is 52.1. The van der Waals surface area contributed by atoms with E-state index in [0.717, 1.165) is 89.9 Å². The summed E-state index contributed by atoms with van der Waals surface area (Å²) in [6.07, 6.45) is 69.3. The predicted octanol–water partition coefficient (Wildman–Crippen LogP) is 17.9. The third-order valence-corrected chi connectivity index (χ3v) is 13.2. The van der Waals surface area contributed by atoms with Crippen LogP contribution in [0.5, 0.6) is 0 Å². The average molecular weight is 1020 g/mol. The summed E-state index contributed by atoms with van der Waals surface area (Å²) in [5.41, 5.74) is 0. The number of esters is 2. The van der Waals surface area contributed by atoms with Crippen molar-refractivity contribution in [3.63, 3.8) is 0 Å². The van der Waals surface area contributed by atoms with Crippen molar-refractivity contribution in [2.24, 2.45) is 0 Å². The normalized spacial score (nSPS) is 13.9. The zero-order valence-corrected chi connectivity index (χ0v) is 47.3. The number of hydrogen-bond donors (Lipinski definition) is 1. The Morgan fingerprint density at radius 2 is 0.803 bits per heavy atom. The van der Waals surface area contributed by atoms with Gasteiger partial charge in [0.2, 0.25) is 0 Å². The number of carbonyl (C=O) groups is 2. The number of quaternary nitrogens is 1. The molecule has 0 saturated carbocycles. The number of nitrogens with zero attached hydrogens (tertiary/aromatic N) is 1. The SMILES string of the molecule is CC/C=C\C/C=C\C/C=C\C/C=C\C/C=C\C/C=C\C/C=C\CCCCCCCCCCCCCC(=O)OC(COC(=O)CCCCCCCCCCCCCCCC)COP(=O)(O)OCC[N+](C)(C)C. The van der Waals surface area contributed by atoms with Gasteiger partial charge in [-0.1, -0.05) is 240 Å². The predicted molar refractivity (Wildman–Crippen MR) is 302 cm³/mol. The maximum atomic E-state index is 12.8. The standard InChI is InChI=1S/C61H108NO8P/c1-6-8-10-12-14-16-18-20-22-23-24-25-26-27-28-29-30-31-32-33-34-35-36-37-38-39-40-42-44-46-48-50-52-54-61(64)70-59(58-69-71(65,66)68-56-55-62(3,4)5)57-67-60(63)53-51-49-47-45-43-41-21-19-17-15-13-11-9-7-2/h8,10,14,16,20,22,24-25,27-28,30-31,33-34,59H,6-7,9,11-13,15,17-19,21,23,26,29,32,35-58H2,1-5H3/p+1/b10-8-,16-14-,22-20-,25-24-,28-27-,31-30-,34-33-. The molecule has 410 valence electrons. The summed E-state index contributed by atoms with van der Waals surface area (Å²) in [4.78, 5) is 35.6. The van der Waals surface area contributed by atoms with Crippen LogP contribution < -0.4 is 0 Å². The molecule has 0 spiro atoms. The van der Waals surface area contributed by atoms with Crippen molar-refractivity contribution in [1.29, 1.82) is 0 Å². The van der Waals surface area contributed by atoms with Crippen LogP contribution in [0.4, 0.5) is 0 Å². The molecular weight excluding hydrogens is 906 g/mol. The fourth-order valence-corrected chi connectivity index (χ4v) is 8.50. The lowest BCUT2D eigenvalue weighted by atomic mass is 10.0. The lowest BCUT2D eigenvalue weighted by molar-refractivity contribution is -0.870. The van der Waals surface area contributed by atoms with Crippen LogP contribution in [0.3, 0.4) is 0 Å². The molecule has 0 fully saturated rings. The van der Waals surface area contributed by atoms with E-state index < -0.39 is 26.5 Å². The molecule has 0 aromatic carbocycles. The summed E-state index contributed by atoms with van der Waals surface area (Å²) in [6.45, 7) is 4.32. The van der Waals surface area contributed by atoms with E-state index in [-0.39, 0.29) is 32.0 Å². The molecular formula is C61H109NO8P+. The number of unbranched alkanes of at least 4 members (excludes halogenated alkanes) is 24. The molecule has 0 aromatic heterocycles. The molecule has 9 nitrogen and oxygen atoms in total. The largest absolute Gasteiger partial charge is 0.472 e. The van der Waals surface area contributed by atoms with Gasteiger partial charge >= 0.3 is 19.8 Å². The van der Waals surface area contributed by atoms with Gasteiger partial charge in [-0.25, -0.2) is 4.57 Å². The van der Waals surface area contributed by atoms with E-state index in [4.69, 9.17) is 18.5 Å². The first kappa shape index (κ1) is 68.2. The summed E-state index contributed by atoms with van der Waals surface area (Å²) in [5.74, 6) is -0.798. The number of hydrogen-bond acceptors (Lipinski definition) is 7. The summed E-state index contributed by atoms with van der Waals surface area (Å²) in [6, 6.07) is 0. The van der Waals surface area contributed by atoms with Crippen LogP contribution in [0.15, 0.2) is 85.1 Å². The second-order valence-corrected chi connectivity index (χ2v) is 21.8. The molecule has 0 bridgehead atoms. The van der Waals surface area contributed by atoms with E-state index >= 15 is 0 Å². The highest BCUT2D eigenvalue weighted by molar-refractivity contribution is 7.47. The van der Waals surface area contributed by atoms with Gasteiger partial charge in [-0.05, 0) is 70.6 Å². The number of ether oxygens (including phenoxy) is 2. The van der Waals surface area contributed by atoms with Crippen LogP contribution in [-0.2, 0) is 32.7 Å². The molecule has 0 aliphatic rings. The zero-order valence-electron chi connectivity index (χ0n) is 46.4. The first-order chi connectivity index (χ1) is 34.5. The quantitative estimate of drug-likeness (QED) is 0.0211. The summed E-state index contributed by atoms with van der Waals surface area (Å²) in [7, 11) is 1.47. The number of likely N-dealkylation sites (N-methyl/N-ethyl adjacent to an activating group) is 1. The van der Waals surface area contributed by atoms with Gasteiger partial charge in [-0.15, -0.1) is 0 Å². The van der Waals surface area contributed by atoms with E-state index in [1.807, 2.05) is 21.1 Å². The summed E-state index contributed by atoms with van der Waals surface area (Å²) >= 11 is 0. The van der Waals surface area contributed by atoms with Crippen molar-refractivity contribution in [2.75, 3.05) is 47.5 Å². The first-order valence-electron chi connectivity index (χ1n) is 28.8. The smallest absolute Gasteiger partial charge is 0.462 e. The van der Waals surface area contributed by atoms with Gasteiger partial charge in [0.25, 0.3) is 0 Å². The molecule has 0 aliphatic heterocycles. The molecule has 10 heteroatoms. The van der Waals surface area contributed by atoms with E-state index in [1.165, 1.54) is 116 Å². The van der Waals surface area contributed by atoms with E-state index in [2.05, 4.69) is 98.9 Å². The number of carbonyl (C=O) groups excluding carboxylic acids is 2. The minimum Gasteiger partial charge on any atom is -0.462 e. The van der Waals surface area contributed by atoms with Crippen molar-refractivity contribution < 1.29 is 42.1 Å². The number of allylic oxidation sites excluding steroid dienone is 14. The van der Waals surface area contributed by atoms with Gasteiger partial charge in [0.1, 0.15) is 19.8 Å². The molecule has 2 unspecified atom stereocenters. The van der Waals surface area contributed by atoms with Gasteiger partial charge in [0.15, 0.2) is 6.10 Å². The number of phosphoric ester groups is 1. The van der Waals surface area contributed by atoms with Crippen LogP contribution >= 0.6 is 7.82 Å². The molecule has 0 amide bonds. The fraction of sp³-hybridized carbons (Fsp3) is 0.738. The maximum Gasteiger partial charge on any atom is 0.472 e. The van der Waals surface area contributed by atoms with Crippen LogP contribution in [-0.4, -0.2) is 74.9 Å². The maximum absolute atomic E-state index is 12.8. The van der Waals surface area contributed by atoms with Crippen LogP contribution in [0.2, 0.25) is 0 Å². The first-order valence-corrected chi connectivity index (χ1v) is 30.3. The Kier molecular flexibility index (Phi) is 50.0. The van der Waals surface area contributed by atoms with Gasteiger partial charge in [-0.3, -0.25) is 18.6 Å². The third kappa shape index (κ3) is 56.3. The van der Waals surface area contributed by atoms with E-state index in [1.54, 1.807) is 0 Å². The summed E-state index contributed by atoms with van der Waals surface area (Å²) in [5, 5.41) is 0. The highest BCUT2D eigenvalue weighted by Gasteiger charge is 2.27. The zero-order chi connectivity index (χ0) is 52.0. The number of rotatable bonds is 52. The fourth-order valence-electron chi connectivity index (χ4n) is 7.76. The van der Waals surface area contributed by atoms with Crippen molar-refractivity contribution in [1.82, 2.24) is 0 Å². The van der Waals surface area contributed by atoms with Crippen molar-refractivity contribution >= 4 is 19.8 Å². The Hall–Kier alpha value is -2.81. The van der Waals surface area contributed by atoms with E-state index in [9.17, 15) is 19.0 Å². The van der Waals surface area contributed by atoms with Crippen molar-refractivity contribution in [2.45, 2.75) is 245 Å². The van der Waals surface area contributed by atoms with Gasteiger partial charge in [0, 0.05) is 12.8 Å². The molecule has 2 atom stereocenters. The van der Waals surface area contributed by atoms with Crippen molar-refractivity contribution in [3.05, 3.63) is 85.1 Å². The molecule has 0 aliphatic carbocycles. The Balaban J connectivity index is 4.11. The second-order valence-electron chi connectivity index (χ2n) is 20.3. The Morgan fingerprint density at radius 1 is 0.451 bits per heavy atom. The molecule has 0 rings (SSSR count). The molecule has 71 heavy (non-hydrogen) atoms. The lowest BCUT2D eigenvalue weighted by Crippen LogP contribution is -2.37. The number of phosphoric acid groups is 1. The molecule has 0 saturated heterocycles.